The number of aliphatic hydroxyl groups excluding tert-OH is 1. The van der Waals surface area contributed by atoms with Crippen molar-refractivity contribution in [2.75, 3.05) is 13.2 Å². The second-order valence-electron chi connectivity index (χ2n) is 3.41. The van der Waals surface area contributed by atoms with E-state index < -0.39 is 6.10 Å². The minimum Gasteiger partial charge on any atom is -0.391 e. The molecule has 0 aromatic carbocycles. The van der Waals surface area contributed by atoms with Crippen LogP contribution in [0.15, 0.2) is 0 Å². The Morgan fingerprint density at radius 3 is 2.83 bits per heavy atom. The summed E-state index contributed by atoms with van der Waals surface area (Å²) in [6, 6.07) is 0. The van der Waals surface area contributed by atoms with Crippen molar-refractivity contribution in [2.45, 2.75) is 45.0 Å². The molecule has 1 heterocycles. The highest BCUT2D eigenvalue weighted by Gasteiger charge is 2.17. The van der Waals surface area contributed by atoms with Gasteiger partial charge in [0.05, 0.1) is 24.9 Å². The Balaban J connectivity index is 2.07. The van der Waals surface area contributed by atoms with Crippen LogP contribution < -0.4 is 0 Å². The SMILES string of the molecule is CC(O)C(C)OCC1CCCO1. The lowest BCUT2D eigenvalue weighted by molar-refractivity contribution is -0.0568. The Labute approximate surface area is 73.7 Å². The first kappa shape index (κ1) is 9.96. The zero-order valence-electron chi connectivity index (χ0n) is 7.82. The third kappa shape index (κ3) is 3.09. The largest absolute Gasteiger partial charge is 0.391 e. The smallest absolute Gasteiger partial charge is 0.0809 e. The van der Waals surface area contributed by atoms with E-state index in [-0.39, 0.29) is 12.2 Å². The van der Waals surface area contributed by atoms with Gasteiger partial charge in [-0.3, -0.25) is 0 Å². The van der Waals surface area contributed by atoms with Crippen molar-refractivity contribution in [1.29, 1.82) is 0 Å². The summed E-state index contributed by atoms with van der Waals surface area (Å²) in [6.07, 6.45) is 2.00. The molecule has 12 heavy (non-hydrogen) atoms. The first-order valence-electron chi connectivity index (χ1n) is 4.61. The predicted octanol–water partition coefficient (Wildman–Crippen LogP) is 0.951. The number of hydrogen-bond acceptors (Lipinski definition) is 3. The van der Waals surface area contributed by atoms with Crippen LogP contribution in [0.4, 0.5) is 0 Å². The standard InChI is InChI=1S/C9H18O3/c1-7(10)8(2)12-6-9-4-3-5-11-9/h7-10H,3-6H2,1-2H3. The fourth-order valence-electron chi connectivity index (χ4n) is 1.17. The monoisotopic (exact) mass is 174 g/mol. The Morgan fingerprint density at radius 1 is 1.58 bits per heavy atom. The van der Waals surface area contributed by atoms with Crippen molar-refractivity contribution in [3.05, 3.63) is 0 Å². The van der Waals surface area contributed by atoms with Gasteiger partial charge in [-0.2, -0.15) is 0 Å². The van der Waals surface area contributed by atoms with Crippen LogP contribution in [0.3, 0.4) is 0 Å². The molecule has 1 aliphatic heterocycles. The van der Waals surface area contributed by atoms with E-state index >= 15 is 0 Å². The topological polar surface area (TPSA) is 38.7 Å². The van der Waals surface area contributed by atoms with Gasteiger partial charge in [0.25, 0.3) is 0 Å². The maximum absolute atomic E-state index is 9.13. The Kier molecular flexibility index (Phi) is 3.98. The van der Waals surface area contributed by atoms with Crippen molar-refractivity contribution < 1.29 is 14.6 Å². The Morgan fingerprint density at radius 2 is 2.33 bits per heavy atom. The van der Waals surface area contributed by atoms with Crippen LogP contribution in [0.25, 0.3) is 0 Å². The molecule has 1 aliphatic rings. The fourth-order valence-corrected chi connectivity index (χ4v) is 1.17. The highest BCUT2D eigenvalue weighted by atomic mass is 16.5. The zero-order valence-corrected chi connectivity index (χ0v) is 7.82. The molecule has 0 amide bonds. The average Bonchev–Trinajstić information content (AvgIpc) is 2.51. The second-order valence-corrected chi connectivity index (χ2v) is 3.41. The molecule has 3 heteroatoms. The van der Waals surface area contributed by atoms with Gasteiger partial charge in [-0.15, -0.1) is 0 Å². The minimum absolute atomic E-state index is 0.0887. The lowest BCUT2D eigenvalue weighted by Crippen LogP contribution is -2.27. The molecule has 0 aliphatic carbocycles. The number of aliphatic hydroxyl groups is 1. The van der Waals surface area contributed by atoms with Gasteiger partial charge < -0.3 is 14.6 Å². The summed E-state index contributed by atoms with van der Waals surface area (Å²) >= 11 is 0. The summed E-state index contributed by atoms with van der Waals surface area (Å²) in [4.78, 5) is 0. The van der Waals surface area contributed by atoms with E-state index in [2.05, 4.69) is 0 Å². The molecule has 1 fully saturated rings. The van der Waals surface area contributed by atoms with Crippen LogP contribution in [-0.2, 0) is 9.47 Å². The van der Waals surface area contributed by atoms with E-state index in [4.69, 9.17) is 14.6 Å². The van der Waals surface area contributed by atoms with E-state index in [9.17, 15) is 0 Å². The highest BCUT2D eigenvalue weighted by Crippen LogP contribution is 2.13. The van der Waals surface area contributed by atoms with Gasteiger partial charge in [0.2, 0.25) is 0 Å². The third-order valence-electron chi connectivity index (χ3n) is 2.25. The van der Waals surface area contributed by atoms with Crippen LogP contribution in [0, 0.1) is 0 Å². The van der Waals surface area contributed by atoms with Crippen LogP contribution in [0.2, 0.25) is 0 Å². The number of hydrogen-bond donors (Lipinski definition) is 1. The summed E-state index contributed by atoms with van der Waals surface area (Å²) in [5, 5.41) is 9.13. The van der Waals surface area contributed by atoms with E-state index in [1.807, 2.05) is 6.92 Å². The van der Waals surface area contributed by atoms with Crippen LogP contribution >= 0.6 is 0 Å². The lowest BCUT2D eigenvalue weighted by atomic mass is 10.2. The fraction of sp³-hybridized carbons (Fsp3) is 1.00. The molecule has 1 N–H and O–H groups in total. The highest BCUT2D eigenvalue weighted by molar-refractivity contribution is 4.65. The second kappa shape index (κ2) is 4.80. The van der Waals surface area contributed by atoms with E-state index in [1.165, 1.54) is 0 Å². The molecular formula is C9H18O3. The van der Waals surface area contributed by atoms with Crippen LogP contribution in [0.1, 0.15) is 26.7 Å². The van der Waals surface area contributed by atoms with Crippen molar-refractivity contribution in [1.82, 2.24) is 0 Å². The molecule has 0 bridgehead atoms. The van der Waals surface area contributed by atoms with Gasteiger partial charge in [0.15, 0.2) is 0 Å². The summed E-state index contributed by atoms with van der Waals surface area (Å²) in [6.45, 7) is 5.09. The van der Waals surface area contributed by atoms with Gasteiger partial charge in [-0.1, -0.05) is 0 Å². The Bertz CT molecular complexity index is 117. The van der Waals surface area contributed by atoms with Crippen LogP contribution in [-0.4, -0.2) is 36.6 Å². The number of ether oxygens (including phenoxy) is 2. The first-order valence-corrected chi connectivity index (χ1v) is 4.61. The summed E-state index contributed by atoms with van der Waals surface area (Å²) in [7, 11) is 0. The molecule has 72 valence electrons. The minimum atomic E-state index is -0.397. The molecule has 0 spiro atoms. The number of rotatable bonds is 4. The van der Waals surface area contributed by atoms with Gasteiger partial charge in [0, 0.05) is 6.61 Å². The lowest BCUT2D eigenvalue weighted by Gasteiger charge is -2.18. The van der Waals surface area contributed by atoms with Gasteiger partial charge in [-0.05, 0) is 26.7 Å². The molecule has 0 saturated carbocycles. The summed E-state index contributed by atoms with van der Waals surface area (Å²) < 4.78 is 10.8. The van der Waals surface area contributed by atoms with Crippen molar-refractivity contribution >= 4 is 0 Å². The molecule has 0 aromatic rings. The molecule has 0 aromatic heterocycles. The summed E-state index contributed by atoms with van der Waals surface area (Å²) in [5.41, 5.74) is 0. The normalized spacial score (nSPS) is 28.8. The maximum atomic E-state index is 9.13. The molecule has 1 saturated heterocycles. The van der Waals surface area contributed by atoms with Crippen molar-refractivity contribution in [3.8, 4) is 0 Å². The summed E-state index contributed by atoms with van der Waals surface area (Å²) in [5.74, 6) is 0. The quantitative estimate of drug-likeness (QED) is 0.689. The first-order chi connectivity index (χ1) is 5.70. The predicted molar refractivity (Wildman–Crippen MR) is 46.1 cm³/mol. The Hall–Kier alpha value is -0.120. The van der Waals surface area contributed by atoms with Gasteiger partial charge >= 0.3 is 0 Å². The van der Waals surface area contributed by atoms with Crippen LogP contribution in [0.5, 0.6) is 0 Å². The average molecular weight is 174 g/mol. The third-order valence-corrected chi connectivity index (χ3v) is 2.25. The van der Waals surface area contributed by atoms with Gasteiger partial charge in [-0.25, -0.2) is 0 Å². The van der Waals surface area contributed by atoms with Crippen molar-refractivity contribution in [2.24, 2.45) is 0 Å². The maximum Gasteiger partial charge on any atom is 0.0809 e. The molecule has 3 atom stereocenters. The van der Waals surface area contributed by atoms with Gasteiger partial charge in [0.1, 0.15) is 0 Å². The molecular weight excluding hydrogens is 156 g/mol. The molecule has 3 unspecified atom stereocenters. The van der Waals surface area contributed by atoms with E-state index in [0.717, 1.165) is 19.4 Å². The molecule has 0 radical (unpaired) electrons. The van der Waals surface area contributed by atoms with E-state index in [1.54, 1.807) is 6.92 Å². The van der Waals surface area contributed by atoms with Crippen molar-refractivity contribution in [3.63, 3.8) is 0 Å². The molecule has 3 nitrogen and oxygen atoms in total. The van der Waals surface area contributed by atoms with E-state index in [0.29, 0.717) is 6.61 Å². The molecule has 1 rings (SSSR count). The zero-order chi connectivity index (χ0) is 8.97.